The molecule has 0 aliphatic heterocycles. The van der Waals surface area contributed by atoms with Crippen molar-refractivity contribution >= 4 is 0 Å². The minimum absolute atomic E-state index is 0.257. The van der Waals surface area contributed by atoms with Gasteiger partial charge in [0, 0.05) is 6.54 Å². The molecule has 1 rings (SSSR count). The van der Waals surface area contributed by atoms with E-state index in [4.69, 9.17) is 10.6 Å². The van der Waals surface area contributed by atoms with Crippen LogP contribution in [0.1, 0.15) is 5.56 Å². The monoisotopic (exact) mass is 184 g/mol. The van der Waals surface area contributed by atoms with Gasteiger partial charge in [-0.2, -0.15) is 0 Å². The molecule has 0 fully saturated rings. The summed E-state index contributed by atoms with van der Waals surface area (Å²) in [5.74, 6) is 5.56. The quantitative estimate of drug-likeness (QED) is 0.538. The smallest absolute Gasteiger partial charge is 0.123 e. The molecule has 0 unspecified atom stereocenters. The summed E-state index contributed by atoms with van der Waals surface area (Å²) < 4.78 is 17.9. The van der Waals surface area contributed by atoms with Crippen LogP contribution in [-0.2, 0) is 6.42 Å². The average Bonchev–Trinajstić information content (AvgIpc) is 2.15. The molecule has 0 bridgehead atoms. The summed E-state index contributed by atoms with van der Waals surface area (Å²) >= 11 is 0. The normalized spacial score (nSPS) is 10.1. The first-order valence-electron chi connectivity index (χ1n) is 4.04. The van der Waals surface area contributed by atoms with Gasteiger partial charge in [-0.1, -0.05) is 0 Å². The molecule has 13 heavy (non-hydrogen) atoms. The Hall–Kier alpha value is -1.13. The fourth-order valence-corrected chi connectivity index (χ4v) is 1.15. The predicted molar refractivity (Wildman–Crippen MR) is 48.8 cm³/mol. The van der Waals surface area contributed by atoms with Crippen LogP contribution < -0.4 is 16.0 Å². The Balaban J connectivity index is 2.81. The van der Waals surface area contributed by atoms with E-state index in [0.29, 0.717) is 18.7 Å². The molecule has 0 aliphatic rings. The average molecular weight is 184 g/mol. The van der Waals surface area contributed by atoms with E-state index in [-0.39, 0.29) is 5.82 Å². The Morgan fingerprint density at radius 1 is 1.54 bits per heavy atom. The lowest BCUT2D eigenvalue weighted by Crippen LogP contribution is -2.24. The molecule has 0 saturated carbocycles. The zero-order chi connectivity index (χ0) is 9.68. The third-order valence-corrected chi connectivity index (χ3v) is 1.78. The molecule has 72 valence electrons. The van der Waals surface area contributed by atoms with Crippen LogP contribution in [0.2, 0.25) is 0 Å². The molecule has 0 atom stereocenters. The van der Waals surface area contributed by atoms with E-state index < -0.39 is 0 Å². The van der Waals surface area contributed by atoms with Crippen LogP contribution in [0.15, 0.2) is 18.2 Å². The second-order valence-electron chi connectivity index (χ2n) is 2.66. The topological polar surface area (TPSA) is 47.3 Å². The Morgan fingerprint density at radius 3 is 2.92 bits per heavy atom. The van der Waals surface area contributed by atoms with Crippen LogP contribution in [0.5, 0.6) is 5.75 Å². The Kier molecular flexibility index (Phi) is 3.67. The fraction of sp³-hybridized carbons (Fsp3) is 0.333. The maximum Gasteiger partial charge on any atom is 0.123 e. The summed E-state index contributed by atoms with van der Waals surface area (Å²) in [6.07, 6.45) is 0.650. The lowest BCUT2D eigenvalue weighted by atomic mass is 10.1. The molecule has 0 heterocycles. The standard InChI is InChI=1S/C9H13FN2O/c1-13-9-3-2-8(10)6-7(9)4-5-12-11/h2-3,6,12H,4-5,11H2,1H3. The highest BCUT2D eigenvalue weighted by atomic mass is 19.1. The molecule has 1 aromatic carbocycles. The van der Waals surface area contributed by atoms with Gasteiger partial charge in [0.2, 0.25) is 0 Å². The second kappa shape index (κ2) is 4.79. The maximum absolute atomic E-state index is 12.8. The maximum atomic E-state index is 12.8. The number of hydrogen-bond donors (Lipinski definition) is 2. The summed E-state index contributed by atoms with van der Waals surface area (Å²) in [6, 6.07) is 4.44. The molecular formula is C9H13FN2O. The number of rotatable bonds is 4. The van der Waals surface area contributed by atoms with Gasteiger partial charge in [-0.3, -0.25) is 11.3 Å². The van der Waals surface area contributed by atoms with Crippen molar-refractivity contribution in [2.75, 3.05) is 13.7 Å². The van der Waals surface area contributed by atoms with Crippen LogP contribution in [0.3, 0.4) is 0 Å². The molecule has 0 aliphatic carbocycles. The molecule has 3 N–H and O–H groups in total. The number of halogens is 1. The van der Waals surface area contributed by atoms with Gasteiger partial charge in [0.05, 0.1) is 7.11 Å². The van der Waals surface area contributed by atoms with E-state index in [2.05, 4.69) is 5.43 Å². The van der Waals surface area contributed by atoms with Crippen molar-refractivity contribution in [2.45, 2.75) is 6.42 Å². The molecule has 1 aromatic rings. The minimum atomic E-state index is -0.257. The molecule has 3 nitrogen and oxygen atoms in total. The highest BCUT2D eigenvalue weighted by Crippen LogP contribution is 2.19. The van der Waals surface area contributed by atoms with Crippen LogP contribution in [0, 0.1) is 5.82 Å². The first-order valence-corrected chi connectivity index (χ1v) is 4.04. The molecule has 0 saturated heterocycles. The van der Waals surface area contributed by atoms with Crippen molar-refractivity contribution in [3.63, 3.8) is 0 Å². The second-order valence-corrected chi connectivity index (χ2v) is 2.66. The van der Waals surface area contributed by atoms with Crippen LogP contribution in [0.4, 0.5) is 4.39 Å². The van der Waals surface area contributed by atoms with Crippen LogP contribution in [-0.4, -0.2) is 13.7 Å². The number of nitrogens with two attached hydrogens (primary N) is 1. The van der Waals surface area contributed by atoms with Crippen molar-refractivity contribution in [1.82, 2.24) is 5.43 Å². The van der Waals surface area contributed by atoms with Crippen molar-refractivity contribution < 1.29 is 9.13 Å². The van der Waals surface area contributed by atoms with Crippen LogP contribution >= 0.6 is 0 Å². The number of nitrogens with one attached hydrogen (secondary N) is 1. The first kappa shape index (κ1) is 9.95. The summed E-state index contributed by atoms with van der Waals surface area (Å²) in [6.45, 7) is 0.597. The molecular weight excluding hydrogens is 171 g/mol. The Morgan fingerprint density at radius 2 is 2.31 bits per heavy atom. The van der Waals surface area contributed by atoms with Gasteiger partial charge in [-0.05, 0) is 30.2 Å². The first-order chi connectivity index (χ1) is 6.27. The fourth-order valence-electron chi connectivity index (χ4n) is 1.15. The predicted octanol–water partition coefficient (Wildman–Crippen LogP) is 0.840. The lowest BCUT2D eigenvalue weighted by molar-refractivity contribution is 0.408. The van der Waals surface area contributed by atoms with Crippen LogP contribution in [0.25, 0.3) is 0 Å². The summed E-state index contributed by atoms with van der Waals surface area (Å²) in [7, 11) is 1.56. The summed E-state index contributed by atoms with van der Waals surface area (Å²) in [5.41, 5.74) is 3.33. The molecule has 0 amide bonds. The molecule has 0 spiro atoms. The van der Waals surface area contributed by atoms with E-state index in [9.17, 15) is 4.39 Å². The highest BCUT2D eigenvalue weighted by Gasteiger charge is 2.03. The summed E-state index contributed by atoms with van der Waals surface area (Å²) in [5, 5.41) is 0. The minimum Gasteiger partial charge on any atom is -0.496 e. The van der Waals surface area contributed by atoms with E-state index in [1.807, 2.05) is 0 Å². The van der Waals surface area contributed by atoms with Crippen molar-refractivity contribution in [3.05, 3.63) is 29.6 Å². The molecule has 4 heteroatoms. The van der Waals surface area contributed by atoms with Crippen molar-refractivity contribution in [2.24, 2.45) is 5.84 Å². The van der Waals surface area contributed by atoms with Gasteiger partial charge in [-0.25, -0.2) is 4.39 Å². The van der Waals surface area contributed by atoms with E-state index >= 15 is 0 Å². The number of ether oxygens (including phenoxy) is 1. The largest absolute Gasteiger partial charge is 0.496 e. The van der Waals surface area contributed by atoms with Gasteiger partial charge in [0.15, 0.2) is 0 Å². The van der Waals surface area contributed by atoms with Gasteiger partial charge in [-0.15, -0.1) is 0 Å². The third-order valence-electron chi connectivity index (χ3n) is 1.78. The molecule has 0 aromatic heterocycles. The van der Waals surface area contributed by atoms with Crippen molar-refractivity contribution in [3.8, 4) is 5.75 Å². The Bertz CT molecular complexity index is 278. The zero-order valence-corrected chi connectivity index (χ0v) is 7.51. The van der Waals surface area contributed by atoms with Gasteiger partial charge >= 0.3 is 0 Å². The van der Waals surface area contributed by atoms with Crippen molar-refractivity contribution in [1.29, 1.82) is 0 Å². The number of hydrogen-bond acceptors (Lipinski definition) is 3. The number of benzene rings is 1. The SMILES string of the molecule is COc1ccc(F)cc1CCNN. The molecule has 0 radical (unpaired) electrons. The lowest BCUT2D eigenvalue weighted by Gasteiger charge is -2.07. The van der Waals surface area contributed by atoms with Gasteiger partial charge in [0.25, 0.3) is 0 Å². The van der Waals surface area contributed by atoms with E-state index in [0.717, 1.165) is 5.56 Å². The Labute approximate surface area is 76.7 Å². The van der Waals surface area contributed by atoms with Gasteiger partial charge < -0.3 is 4.74 Å². The number of hydrazine groups is 1. The zero-order valence-electron chi connectivity index (χ0n) is 7.51. The van der Waals surface area contributed by atoms with E-state index in [1.165, 1.54) is 12.1 Å². The highest BCUT2D eigenvalue weighted by molar-refractivity contribution is 5.34. The van der Waals surface area contributed by atoms with E-state index in [1.54, 1.807) is 13.2 Å². The number of methoxy groups -OCH3 is 1. The summed E-state index contributed by atoms with van der Waals surface area (Å²) in [4.78, 5) is 0. The third kappa shape index (κ3) is 2.68. The van der Waals surface area contributed by atoms with Gasteiger partial charge in [0.1, 0.15) is 11.6 Å².